The third-order valence-electron chi connectivity index (χ3n) is 2.62. The van der Waals surface area contributed by atoms with Gasteiger partial charge in [-0.3, -0.25) is 9.69 Å². The predicted molar refractivity (Wildman–Crippen MR) is 64.5 cm³/mol. The molecule has 17 heavy (non-hydrogen) atoms. The van der Waals surface area contributed by atoms with E-state index in [1.54, 1.807) is 6.07 Å². The molecular weight excluding hydrogens is 242 g/mol. The lowest BCUT2D eigenvalue weighted by atomic mass is 10.2. The van der Waals surface area contributed by atoms with Gasteiger partial charge in [-0.15, -0.1) is 0 Å². The molecule has 0 amide bonds. The van der Waals surface area contributed by atoms with Gasteiger partial charge >= 0.3 is 5.97 Å². The zero-order valence-electron chi connectivity index (χ0n) is 9.52. The van der Waals surface area contributed by atoms with E-state index in [1.807, 2.05) is 24.0 Å². The van der Waals surface area contributed by atoms with Crippen LogP contribution < -0.4 is 4.74 Å². The minimum Gasteiger partial charge on any atom is -0.489 e. The molecule has 1 unspecified atom stereocenters. The van der Waals surface area contributed by atoms with Crippen LogP contribution in [0.2, 0.25) is 5.02 Å². The molecule has 0 saturated heterocycles. The number of nitrogens with zero attached hydrogens (tertiary/aromatic N) is 1. The summed E-state index contributed by atoms with van der Waals surface area (Å²) in [5.74, 6) is -0.0440. The van der Waals surface area contributed by atoms with E-state index in [-0.39, 0.29) is 12.6 Å². The van der Waals surface area contributed by atoms with Gasteiger partial charge in [-0.1, -0.05) is 11.6 Å². The number of halogens is 1. The van der Waals surface area contributed by atoms with Crippen LogP contribution in [0.25, 0.3) is 0 Å². The molecule has 1 atom stereocenters. The van der Waals surface area contributed by atoms with Crippen LogP contribution in [0, 0.1) is 0 Å². The van der Waals surface area contributed by atoms with Crippen molar-refractivity contribution < 1.29 is 14.6 Å². The average Bonchev–Trinajstić information content (AvgIpc) is 2.34. The Kier molecular flexibility index (Phi) is 3.54. The second-order valence-corrected chi connectivity index (χ2v) is 4.68. The molecule has 0 bridgehead atoms. The quantitative estimate of drug-likeness (QED) is 0.878. The van der Waals surface area contributed by atoms with E-state index in [9.17, 15) is 4.79 Å². The highest BCUT2D eigenvalue weighted by atomic mass is 35.5. The number of aliphatic carboxylic acids is 1. The molecule has 1 aliphatic heterocycles. The monoisotopic (exact) mass is 255 g/mol. The Bertz CT molecular complexity index is 436. The molecule has 5 heteroatoms. The standard InChI is InChI=1S/C12H14ClNO3/c1-8-5-14(7-12(15)16)6-9-4-10(13)2-3-11(9)17-8/h2-4,8H,5-7H2,1H3,(H,15,16). The maximum Gasteiger partial charge on any atom is 0.317 e. The summed E-state index contributed by atoms with van der Waals surface area (Å²) < 4.78 is 5.73. The van der Waals surface area contributed by atoms with Crippen molar-refractivity contribution >= 4 is 17.6 Å². The van der Waals surface area contributed by atoms with E-state index in [1.165, 1.54) is 0 Å². The number of carboxylic acids is 1. The third-order valence-corrected chi connectivity index (χ3v) is 2.85. The highest BCUT2D eigenvalue weighted by molar-refractivity contribution is 6.30. The first-order valence-corrected chi connectivity index (χ1v) is 5.81. The average molecular weight is 256 g/mol. The van der Waals surface area contributed by atoms with Gasteiger partial charge in [-0.05, 0) is 25.1 Å². The van der Waals surface area contributed by atoms with Crippen LogP contribution in [-0.2, 0) is 11.3 Å². The molecule has 2 rings (SSSR count). The van der Waals surface area contributed by atoms with Gasteiger partial charge in [0.15, 0.2) is 0 Å². The lowest BCUT2D eigenvalue weighted by Crippen LogP contribution is -2.34. The fourth-order valence-corrected chi connectivity index (χ4v) is 2.22. The van der Waals surface area contributed by atoms with Crippen molar-refractivity contribution in [1.29, 1.82) is 0 Å². The second-order valence-electron chi connectivity index (χ2n) is 4.24. The predicted octanol–water partition coefficient (Wildman–Crippen LogP) is 2.01. The van der Waals surface area contributed by atoms with Gasteiger partial charge in [0.25, 0.3) is 0 Å². The first-order valence-electron chi connectivity index (χ1n) is 5.44. The Balaban J connectivity index is 2.25. The summed E-state index contributed by atoms with van der Waals surface area (Å²) in [6, 6.07) is 5.43. The number of carbonyl (C=O) groups is 1. The molecular formula is C12H14ClNO3. The van der Waals surface area contributed by atoms with E-state index in [0.717, 1.165) is 11.3 Å². The molecule has 0 aromatic heterocycles. The highest BCUT2D eigenvalue weighted by Crippen LogP contribution is 2.27. The minimum atomic E-state index is -0.831. The van der Waals surface area contributed by atoms with E-state index in [2.05, 4.69) is 0 Å². The summed E-state index contributed by atoms with van der Waals surface area (Å²) in [7, 11) is 0. The maximum atomic E-state index is 10.8. The van der Waals surface area contributed by atoms with Gasteiger partial charge in [0.1, 0.15) is 11.9 Å². The van der Waals surface area contributed by atoms with Gasteiger partial charge in [-0.25, -0.2) is 0 Å². The largest absolute Gasteiger partial charge is 0.489 e. The summed E-state index contributed by atoms with van der Waals surface area (Å²) in [5, 5.41) is 9.47. The molecule has 1 heterocycles. The number of ether oxygens (including phenoxy) is 1. The number of fused-ring (bicyclic) bond motifs is 1. The van der Waals surface area contributed by atoms with E-state index < -0.39 is 5.97 Å². The summed E-state index contributed by atoms with van der Waals surface area (Å²) >= 11 is 5.93. The molecule has 0 saturated carbocycles. The van der Waals surface area contributed by atoms with Gasteiger partial charge in [0.2, 0.25) is 0 Å². The van der Waals surface area contributed by atoms with Crippen molar-refractivity contribution in [2.45, 2.75) is 19.6 Å². The Labute approximate surface area is 105 Å². The minimum absolute atomic E-state index is 0.0135. The van der Waals surface area contributed by atoms with Crippen molar-refractivity contribution in [3.05, 3.63) is 28.8 Å². The SMILES string of the molecule is CC1CN(CC(=O)O)Cc2cc(Cl)ccc2O1. The Hall–Kier alpha value is -1.26. The van der Waals surface area contributed by atoms with Crippen molar-refractivity contribution in [2.75, 3.05) is 13.1 Å². The van der Waals surface area contributed by atoms with Crippen LogP contribution in [0.4, 0.5) is 0 Å². The molecule has 92 valence electrons. The summed E-state index contributed by atoms with van der Waals surface area (Å²) in [5.41, 5.74) is 0.933. The van der Waals surface area contributed by atoms with Crippen LogP contribution >= 0.6 is 11.6 Å². The topological polar surface area (TPSA) is 49.8 Å². The number of hydrogen-bond donors (Lipinski definition) is 1. The number of carboxylic acid groups (broad SMARTS) is 1. The zero-order valence-corrected chi connectivity index (χ0v) is 10.3. The summed E-state index contributed by atoms with van der Waals surface area (Å²) in [6.07, 6.45) is -0.0308. The van der Waals surface area contributed by atoms with E-state index >= 15 is 0 Å². The zero-order chi connectivity index (χ0) is 12.4. The van der Waals surface area contributed by atoms with Gasteiger partial charge in [0, 0.05) is 23.7 Å². The van der Waals surface area contributed by atoms with Crippen LogP contribution in [0.3, 0.4) is 0 Å². The summed E-state index contributed by atoms with van der Waals surface area (Å²) in [4.78, 5) is 12.6. The van der Waals surface area contributed by atoms with E-state index in [0.29, 0.717) is 18.1 Å². The second kappa shape index (κ2) is 4.94. The third kappa shape index (κ3) is 3.11. The first kappa shape index (κ1) is 12.2. The molecule has 1 aliphatic rings. The molecule has 1 aromatic carbocycles. The smallest absolute Gasteiger partial charge is 0.317 e. The molecule has 0 fully saturated rings. The lowest BCUT2D eigenvalue weighted by Gasteiger charge is -2.19. The highest BCUT2D eigenvalue weighted by Gasteiger charge is 2.21. The Morgan fingerprint density at radius 3 is 3.12 bits per heavy atom. The van der Waals surface area contributed by atoms with Crippen LogP contribution in [-0.4, -0.2) is 35.2 Å². The van der Waals surface area contributed by atoms with Gasteiger partial charge in [-0.2, -0.15) is 0 Å². The van der Waals surface area contributed by atoms with E-state index in [4.69, 9.17) is 21.4 Å². The molecule has 1 N–H and O–H groups in total. The molecule has 1 aromatic rings. The molecule has 0 radical (unpaired) electrons. The summed E-state index contributed by atoms with van der Waals surface area (Å²) in [6.45, 7) is 3.09. The number of benzene rings is 1. The maximum absolute atomic E-state index is 10.8. The van der Waals surface area contributed by atoms with Crippen molar-refractivity contribution in [3.8, 4) is 5.75 Å². The fourth-order valence-electron chi connectivity index (χ4n) is 2.02. The van der Waals surface area contributed by atoms with Crippen LogP contribution in [0.5, 0.6) is 5.75 Å². The molecule has 0 aliphatic carbocycles. The van der Waals surface area contributed by atoms with Crippen LogP contribution in [0.1, 0.15) is 12.5 Å². The van der Waals surface area contributed by atoms with Gasteiger partial charge < -0.3 is 9.84 Å². The number of rotatable bonds is 2. The normalized spacial score (nSPS) is 20.2. The fraction of sp³-hybridized carbons (Fsp3) is 0.417. The van der Waals surface area contributed by atoms with Crippen LogP contribution in [0.15, 0.2) is 18.2 Å². The first-order chi connectivity index (χ1) is 8.04. The van der Waals surface area contributed by atoms with Crippen molar-refractivity contribution in [2.24, 2.45) is 0 Å². The lowest BCUT2D eigenvalue weighted by molar-refractivity contribution is -0.138. The number of hydrogen-bond acceptors (Lipinski definition) is 3. The molecule has 0 spiro atoms. The van der Waals surface area contributed by atoms with Gasteiger partial charge in [0.05, 0.1) is 6.54 Å². The Morgan fingerprint density at radius 2 is 2.41 bits per heavy atom. The Morgan fingerprint density at radius 1 is 1.65 bits per heavy atom. The van der Waals surface area contributed by atoms with Crippen molar-refractivity contribution in [1.82, 2.24) is 4.90 Å². The van der Waals surface area contributed by atoms with Crippen molar-refractivity contribution in [3.63, 3.8) is 0 Å². The molecule has 4 nitrogen and oxygen atoms in total.